The molecule has 40 heavy (non-hydrogen) atoms. The second-order valence-electron chi connectivity index (χ2n) is 11.2. The van der Waals surface area contributed by atoms with Gasteiger partial charge in [0.2, 0.25) is 0 Å². The molecule has 5 aromatic carbocycles. The Kier molecular flexibility index (Phi) is 4.53. The molecule has 0 fully saturated rings. The fraction of sp³-hybridized carbons (Fsp3) is 0.111. The van der Waals surface area contributed by atoms with Gasteiger partial charge < -0.3 is 9.80 Å². The number of pyridine rings is 2. The van der Waals surface area contributed by atoms with Gasteiger partial charge in [0.05, 0.1) is 11.0 Å². The Morgan fingerprint density at radius 3 is 1.12 bits per heavy atom. The number of anilines is 2. The van der Waals surface area contributed by atoms with Crippen molar-refractivity contribution in [3.8, 4) is 0 Å². The monoisotopic (exact) mass is 514 g/mol. The zero-order chi connectivity index (χ0) is 26.2. The number of fused-ring (bicyclic) bond motifs is 7. The van der Waals surface area contributed by atoms with Gasteiger partial charge in [0.25, 0.3) is 0 Å². The van der Waals surface area contributed by atoms with E-state index in [2.05, 4.69) is 107 Å². The van der Waals surface area contributed by atoms with E-state index < -0.39 is 0 Å². The molecule has 0 N–H and O–H groups in total. The number of rotatable bonds is 2. The zero-order valence-corrected chi connectivity index (χ0v) is 22.0. The Morgan fingerprint density at radius 2 is 0.775 bits per heavy atom. The van der Waals surface area contributed by atoms with Gasteiger partial charge in [0.1, 0.15) is 0 Å². The lowest BCUT2D eigenvalue weighted by Crippen LogP contribution is -2.16. The van der Waals surface area contributed by atoms with Gasteiger partial charge >= 0.3 is 0 Å². The lowest BCUT2D eigenvalue weighted by molar-refractivity contribution is 0.883. The average Bonchev–Trinajstić information content (AvgIpc) is 3.61. The third-order valence-corrected chi connectivity index (χ3v) is 8.84. The standard InChI is InChI=1S/C36H26N4/c1-2-6-24-16-28-20-39(19-27(28)15-23(24)5-1)33-11-13-37-35-31(33)9-10-32-34(12-14-38-36(32)35)40-21-29-17-25-7-3-4-8-26(25)18-30(29)22-40/h1-18H,19-22H2. The molecule has 4 heteroatoms. The maximum Gasteiger partial charge on any atom is 0.0986 e. The molecule has 4 heterocycles. The maximum atomic E-state index is 4.87. The van der Waals surface area contributed by atoms with Crippen molar-refractivity contribution in [1.82, 2.24) is 9.97 Å². The topological polar surface area (TPSA) is 32.3 Å². The molecule has 0 saturated heterocycles. The molecule has 0 spiro atoms. The molecular formula is C36H26N4. The van der Waals surface area contributed by atoms with Crippen LogP contribution in [-0.4, -0.2) is 9.97 Å². The summed E-state index contributed by atoms with van der Waals surface area (Å²) in [6.45, 7) is 3.63. The zero-order valence-electron chi connectivity index (χ0n) is 22.0. The normalized spacial score (nSPS) is 14.5. The Bertz CT molecular complexity index is 1910. The molecule has 0 unspecified atom stereocenters. The van der Waals surface area contributed by atoms with Crippen LogP contribution in [0.3, 0.4) is 0 Å². The molecule has 2 aliphatic rings. The molecule has 0 bridgehead atoms. The van der Waals surface area contributed by atoms with E-state index in [1.54, 1.807) is 0 Å². The SMILES string of the molecule is c1ccc2cc3c(cc2c1)CN(c1ccnc2c1ccc1c(N4Cc5cc6ccccc6cc5C4)ccnc12)C3. The van der Waals surface area contributed by atoms with Crippen LogP contribution in [0, 0.1) is 0 Å². The summed E-state index contributed by atoms with van der Waals surface area (Å²) in [5, 5.41) is 7.55. The first-order valence-electron chi connectivity index (χ1n) is 14.0. The first kappa shape index (κ1) is 21.9. The largest absolute Gasteiger partial charge is 0.362 e. The molecule has 2 aromatic heterocycles. The van der Waals surface area contributed by atoms with Crippen molar-refractivity contribution >= 4 is 54.7 Å². The fourth-order valence-electron chi connectivity index (χ4n) is 6.88. The Labute approximate surface area is 232 Å². The predicted molar refractivity (Wildman–Crippen MR) is 165 cm³/mol. The smallest absolute Gasteiger partial charge is 0.0986 e. The van der Waals surface area contributed by atoms with Gasteiger partial charge in [-0.2, -0.15) is 0 Å². The maximum absolute atomic E-state index is 4.87. The van der Waals surface area contributed by atoms with Crippen molar-refractivity contribution in [2.24, 2.45) is 0 Å². The minimum atomic E-state index is 0.908. The highest BCUT2D eigenvalue weighted by Crippen LogP contribution is 2.39. The lowest BCUT2D eigenvalue weighted by Gasteiger charge is -2.22. The molecule has 0 radical (unpaired) electrons. The molecular weight excluding hydrogens is 488 g/mol. The van der Waals surface area contributed by atoms with Crippen molar-refractivity contribution in [1.29, 1.82) is 0 Å². The molecule has 0 amide bonds. The summed E-state index contributed by atoms with van der Waals surface area (Å²) < 4.78 is 0. The van der Waals surface area contributed by atoms with Crippen molar-refractivity contribution in [3.63, 3.8) is 0 Å². The van der Waals surface area contributed by atoms with E-state index in [1.807, 2.05) is 12.4 Å². The highest BCUT2D eigenvalue weighted by molar-refractivity contribution is 6.10. The summed E-state index contributed by atoms with van der Waals surface area (Å²) in [6.07, 6.45) is 3.89. The minimum Gasteiger partial charge on any atom is -0.362 e. The molecule has 7 aromatic rings. The first-order valence-corrected chi connectivity index (χ1v) is 14.0. The molecule has 9 rings (SSSR count). The van der Waals surface area contributed by atoms with Gasteiger partial charge in [-0.1, -0.05) is 48.5 Å². The van der Waals surface area contributed by atoms with Crippen LogP contribution in [0.4, 0.5) is 11.4 Å². The van der Waals surface area contributed by atoms with Crippen LogP contribution >= 0.6 is 0 Å². The van der Waals surface area contributed by atoms with E-state index >= 15 is 0 Å². The van der Waals surface area contributed by atoms with E-state index in [4.69, 9.17) is 9.97 Å². The van der Waals surface area contributed by atoms with E-state index in [0.717, 1.165) is 48.0 Å². The summed E-state index contributed by atoms with van der Waals surface area (Å²) in [5.74, 6) is 0. The van der Waals surface area contributed by atoms with Crippen LogP contribution in [0.25, 0.3) is 43.4 Å². The van der Waals surface area contributed by atoms with Gasteiger partial charge in [-0.3, -0.25) is 9.97 Å². The van der Waals surface area contributed by atoms with Crippen molar-refractivity contribution in [2.75, 3.05) is 9.80 Å². The average molecular weight is 515 g/mol. The van der Waals surface area contributed by atoms with Gasteiger partial charge in [0, 0.05) is 60.7 Å². The number of aromatic nitrogens is 2. The van der Waals surface area contributed by atoms with Crippen LogP contribution in [0.1, 0.15) is 22.3 Å². The summed E-state index contributed by atoms with van der Waals surface area (Å²) in [7, 11) is 0. The van der Waals surface area contributed by atoms with Crippen LogP contribution in [-0.2, 0) is 26.2 Å². The highest BCUT2D eigenvalue weighted by Gasteiger charge is 2.24. The van der Waals surface area contributed by atoms with Crippen LogP contribution in [0.5, 0.6) is 0 Å². The van der Waals surface area contributed by atoms with E-state index in [9.17, 15) is 0 Å². The molecule has 0 aliphatic carbocycles. The third-order valence-electron chi connectivity index (χ3n) is 8.84. The molecule has 0 saturated carbocycles. The van der Waals surface area contributed by atoms with Gasteiger partial charge in [-0.15, -0.1) is 0 Å². The molecule has 2 aliphatic heterocycles. The van der Waals surface area contributed by atoms with Crippen molar-refractivity contribution in [2.45, 2.75) is 26.2 Å². The quantitative estimate of drug-likeness (QED) is 0.218. The predicted octanol–water partition coefficient (Wildman–Crippen LogP) is 8.13. The summed E-state index contributed by atoms with van der Waals surface area (Å²) in [5.41, 5.74) is 10.0. The number of hydrogen-bond acceptors (Lipinski definition) is 4. The lowest BCUT2D eigenvalue weighted by atomic mass is 10.0. The van der Waals surface area contributed by atoms with E-state index in [-0.39, 0.29) is 0 Å². The molecule has 4 nitrogen and oxygen atoms in total. The van der Waals surface area contributed by atoms with Crippen LogP contribution in [0.2, 0.25) is 0 Å². The molecule has 0 atom stereocenters. The van der Waals surface area contributed by atoms with Crippen molar-refractivity contribution < 1.29 is 0 Å². The van der Waals surface area contributed by atoms with Gasteiger partial charge in [-0.25, -0.2) is 0 Å². The molecule has 190 valence electrons. The van der Waals surface area contributed by atoms with E-state index in [0.29, 0.717) is 0 Å². The Hall–Kier alpha value is -4.96. The summed E-state index contributed by atoms with van der Waals surface area (Å²) in [6, 6.07) is 35.5. The summed E-state index contributed by atoms with van der Waals surface area (Å²) >= 11 is 0. The Morgan fingerprint density at radius 1 is 0.425 bits per heavy atom. The highest BCUT2D eigenvalue weighted by atomic mass is 15.2. The van der Waals surface area contributed by atoms with Gasteiger partial charge in [-0.05, 0) is 92.3 Å². The van der Waals surface area contributed by atoms with Crippen LogP contribution in [0.15, 0.2) is 109 Å². The van der Waals surface area contributed by atoms with Gasteiger partial charge in [0.15, 0.2) is 0 Å². The number of benzene rings is 5. The second kappa shape index (κ2) is 8.27. The summed E-state index contributed by atoms with van der Waals surface area (Å²) in [4.78, 5) is 14.7. The van der Waals surface area contributed by atoms with Crippen LogP contribution < -0.4 is 9.80 Å². The third kappa shape index (κ3) is 3.26. The fourth-order valence-corrected chi connectivity index (χ4v) is 6.88. The Balaban J connectivity index is 1.11. The van der Waals surface area contributed by atoms with E-state index in [1.165, 1.54) is 55.2 Å². The second-order valence-corrected chi connectivity index (χ2v) is 11.2. The number of hydrogen-bond donors (Lipinski definition) is 0. The van der Waals surface area contributed by atoms with Crippen molar-refractivity contribution in [3.05, 3.63) is 132 Å². The number of nitrogens with zero attached hydrogens (tertiary/aromatic N) is 4. The first-order chi connectivity index (χ1) is 19.8. The minimum absolute atomic E-state index is 0.908.